The quantitative estimate of drug-likeness (QED) is 0.705. The molecule has 0 fully saturated rings. The van der Waals surface area contributed by atoms with Crippen LogP contribution in [0.1, 0.15) is 8.87 Å². The molecule has 2 aromatic heterocycles. The van der Waals surface area contributed by atoms with Gasteiger partial charge in [0.15, 0.2) is 0 Å². The molecule has 0 aliphatic rings. The van der Waals surface area contributed by atoms with Crippen molar-refractivity contribution in [3.05, 3.63) is 33.1 Å². The molecule has 0 saturated heterocycles. The Bertz CT molecular complexity index is 344. The summed E-state index contributed by atoms with van der Waals surface area (Å²) in [5.74, 6) is 0. The summed E-state index contributed by atoms with van der Waals surface area (Å²) in [7, 11) is 0. The van der Waals surface area contributed by atoms with E-state index in [0.717, 1.165) is 0 Å². The monoisotopic (exact) mass is 290 g/mol. The van der Waals surface area contributed by atoms with E-state index in [2.05, 4.69) is 38.1 Å². The Hall–Kier alpha value is -0.00104. The molecule has 12 heavy (non-hydrogen) atoms. The van der Waals surface area contributed by atoms with E-state index in [1.165, 1.54) is 0 Å². The van der Waals surface area contributed by atoms with Gasteiger partial charge in [0.05, 0.1) is 0 Å². The molecule has 2 rings (SSSR count). The molecule has 0 bridgehead atoms. The van der Waals surface area contributed by atoms with Gasteiger partial charge in [-0.1, -0.05) is 0 Å². The number of rotatable bonds is 1. The predicted octanol–water partition coefficient (Wildman–Crippen LogP) is 2.08. The molecule has 2 aromatic rings. The first-order valence-corrected chi connectivity index (χ1v) is 7.31. The molecular formula is C10H10Se2. The fraction of sp³-hybridized carbons (Fsp3) is 0.200. The number of hydrogen-bond donors (Lipinski definition) is 0. The number of hydrogen-bond acceptors (Lipinski definition) is 0. The van der Waals surface area contributed by atoms with E-state index in [-0.39, 0.29) is 0 Å². The first-order valence-electron chi connectivity index (χ1n) is 3.89. The van der Waals surface area contributed by atoms with E-state index in [1.807, 2.05) is 0 Å². The van der Waals surface area contributed by atoms with Crippen LogP contribution in [0.15, 0.2) is 24.3 Å². The van der Waals surface area contributed by atoms with Crippen molar-refractivity contribution in [1.29, 1.82) is 0 Å². The van der Waals surface area contributed by atoms with Crippen LogP contribution in [0.5, 0.6) is 0 Å². The Labute approximate surface area is 84.7 Å². The van der Waals surface area contributed by atoms with Crippen LogP contribution in [-0.2, 0) is 0 Å². The van der Waals surface area contributed by atoms with E-state index in [9.17, 15) is 0 Å². The fourth-order valence-electron chi connectivity index (χ4n) is 1.13. The van der Waals surface area contributed by atoms with Crippen molar-refractivity contribution in [3.8, 4) is 8.87 Å². The molecule has 0 unspecified atom stereocenters. The summed E-state index contributed by atoms with van der Waals surface area (Å²) in [6, 6.07) is 9.13. The van der Waals surface area contributed by atoms with Crippen molar-refractivity contribution < 1.29 is 0 Å². The first kappa shape index (κ1) is 8.59. The summed E-state index contributed by atoms with van der Waals surface area (Å²) in [6.07, 6.45) is 0. The molecular weight excluding hydrogens is 278 g/mol. The summed E-state index contributed by atoms with van der Waals surface area (Å²) in [5.41, 5.74) is 0. The molecule has 0 spiro atoms. The van der Waals surface area contributed by atoms with Crippen LogP contribution in [0.2, 0.25) is 0 Å². The van der Waals surface area contributed by atoms with Gasteiger partial charge in [-0.2, -0.15) is 0 Å². The van der Waals surface area contributed by atoms with Crippen LogP contribution in [0.4, 0.5) is 0 Å². The minimum absolute atomic E-state index is 0.631. The minimum atomic E-state index is 0.631. The Morgan fingerprint density at radius 1 is 0.750 bits per heavy atom. The fourth-order valence-corrected chi connectivity index (χ4v) is 5.35. The van der Waals surface area contributed by atoms with E-state index in [1.54, 1.807) is 17.7 Å². The second-order valence-electron chi connectivity index (χ2n) is 2.82. The van der Waals surface area contributed by atoms with Gasteiger partial charge in [0.2, 0.25) is 0 Å². The summed E-state index contributed by atoms with van der Waals surface area (Å²) in [6.45, 7) is 4.46. The summed E-state index contributed by atoms with van der Waals surface area (Å²) < 4.78 is 6.32. The van der Waals surface area contributed by atoms with Crippen molar-refractivity contribution in [1.82, 2.24) is 0 Å². The zero-order valence-electron chi connectivity index (χ0n) is 7.13. The summed E-state index contributed by atoms with van der Waals surface area (Å²) in [4.78, 5) is 0. The molecule has 2 heteroatoms. The third-order valence-corrected chi connectivity index (χ3v) is 6.72. The van der Waals surface area contributed by atoms with E-state index < -0.39 is 0 Å². The van der Waals surface area contributed by atoms with Gasteiger partial charge < -0.3 is 0 Å². The average molecular weight is 288 g/mol. The van der Waals surface area contributed by atoms with Gasteiger partial charge >= 0.3 is 84.9 Å². The molecule has 0 aliphatic carbocycles. The normalized spacial score (nSPS) is 10.5. The van der Waals surface area contributed by atoms with Crippen molar-refractivity contribution in [3.63, 3.8) is 0 Å². The van der Waals surface area contributed by atoms with Crippen molar-refractivity contribution in [2.75, 3.05) is 0 Å². The van der Waals surface area contributed by atoms with E-state index in [0.29, 0.717) is 29.0 Å². The topological polar surface area (TPSA) is 0 Å². The zero-order chi connectivity index (χ0) is 8.55. The van der Waals surface area contributed by atoms with Gasteiger partial charge in [-0.05, 0) is 0 Å². The second-order valence-corrected chi connectivity index (χ2v) is 8.22. The molecule has 0 saturated carbocycles. The van der Waals surface area contributed by atoms with Gasteiger partial charge in [0.1, 0.15) is 0 Å². The van der Waals surface area contributed by atoms with Crippen LogP contribution in [0, 0.1) is 13.8 Å². The average Bonchev–Trinajstić information content (AvgIpc) is 2.58. The Kier molecular flexibility index (Phi) is 2.43. The number of aryl methyl sites for hydroxylation is 2. The Morgan fingerprint density at radius 3 is 1.42 bits per heavy atom. The van der Waals surface area contributed by atoms with Crippen LogP contribution >= 0.6 is 0 Å². The van der Waals surface area contributed by atoms with Gasteiger partial charge in [-0.15, -0.1) is 0 Å². The van der Waals surface area contributed by atoms with Gasteiger partial charge in [-0.25, -0.2) is 0 Å². The third kappa shape index (κ3) is 1.67. The van der Waals surface area contributed by atoms with Crippen molar-refractivity contribution >= 4 is 29.0 Å². The zero-order valence-corrected chi connectivity index (χ0v) is 10.6. The van der Waals surface area contributed by atoms with E-state index >= 15 is 0 Å². The molecule has 0 atom stereocenters. The summed E-state index contributed by atoms with van der Waals surface area (Å²) >= 11 is 1.26. The maximum atomic E-state index is 2.30. The standard InChI is InChI=1S/C10H10Se2/c1-7-3-5-9(11-7)10-6-4-8(2)12-10/h3-6H,1-2H3. The molecule has 0 aliphatic heterocycles. The SMILES string of the molecule is Cc1ccc(-c2ccc(C)[se]2)[se]1. The van der Waals surface area contributed by atoms with Crippen LogP contribution < -0.4 is 0 Å². The Morgan fingerprint density at radius 2 is 1.17 bits per heavy atom. The van der Waals surface area contributed by atoms with Crippen molar-refractivity contribution in [2.24, 2.45) is 0 Å². The van der Waals surface area contributed by atoms with Gasteiger partial charge in [0.25, 0.3) is 0 Å². The molecule has 2 heterocycles. The predicted molar refractivity (Wildman–Crippen MR) is 55.2 cm³/mol. The molecule has 0 aromatic carbocycles. The van der Waals surface area contributed by atoms with Crippen LogP contribution in [0.25, 0.3) is 8.87 Å². The molecule has 0 radical (unpaired) electrons. The molecule has 0 nitrogen and oxygen atoms in total. The molecule has 0 N–H and O–H groups in total. The maximum absolute atomic E-state index is 2.30. The third-order valence-electron chi connectivity index (χ3n) is 1.72. The molecule has 0 amide bonds. The van der Waals surface area contributed by atoms with Crippen LogP contribution in [-0.4, -0.2) is 29.0 Å². The first-order chi connectivity index (χ1) is 5.75. The second kappa shape index (κ2) is 3.39. The van der Waals surface area contributed by atoms with Crippen LogP contribution in [0.3, 0.4) is 0 Å². The van der Waals surface area contributed by atoms with Crippen molar-refractivity contribution in [2.45, 2.75) is 13.8 Å². The van der Waals surface area contributed by atoms with Gasteiger partial charge in [0, 0.05) is 0 Å². The van der Waals surface area contributed by atoms with E-state index in [4.69, 9.17) is 0 Å². The molecule has 62 valence electrons. The van der Waals surface area contributed by atoms with Gasteiger partial charge in [-0.3, -0.25) is 0 Å². The Balaban J connectivity index is 2.43. The summed E-state index contributed by atoms with van der Waals surface area (Å²) in [5, 5.41) is 0.